The molecular formula is C20H14N4S. The number of rotatable bonds is 1. The van der Waals surface area contributed by atoms with Gasteiger partial charge in [0.15, 0.2) is 0 Å². The number of nitrogens with zero attached hydrogens (tertiary/aromatic N) is 3. The highest BCUT2D eigenvalue weighted by Gasteiger charge is 2.17. The van der Waals surface area contributed by atoms with Crippen molar-refractivity contribution in [1.29, 1.82) is 0 Å². The van der Waals surface area contributed by atoms with Crippen LogP contribution in [0.25, 0.3) is 44.0 Å². The fourth-order valence-corrected chi connectivity index (χ4v) is 4.56. The highest BCUT2D eigenvalue weighted by molar-refractivity contribution is 7.20. The standard InChI is InChI=1S/C20H14N4S/c1-3-18-12(8-9-21)13-10-17-16(11-19(13)25-18)23(2)20-22-14-6-4-5-7-15(14)24(17)20/h1,4-11H,21H2,2H3/b9-8-. The molecule has 0 fully saturated rings. The summed E-state index contributed by atoms with van der Waals surface area (Å²) in [4.78, 5) is 5.68. The Morgan fingerprint density at radius 1 is 1.20 bits per heavy atom. The van der Waals surface area contributed by atoms with Crippen LogP contribution in [0, 0.1) is 12.3 Å². The summed E-state index contributed by atoms with van der Waals surface area (Å²) in [5.41, 5.74) is 11.0. The average Bonchev–Trinajstić information content (AvgIpc) is 3.25. The van der Waals surface area contributed by atoms with Gasteiger partial charge in [0.1, 0.15) is 0 Å². The van der Waals surface area contributed by atoms with E-state index in [4.69, 9.17) is 17.1 Å². The molecule has 0 atom stereocenters. The molecule has 0 saturated heterocycles. The van der Waals surface area contributed by atoms with Gasteiger partial charge in [-0.05, 0) is 36.5 Å². The number of para-hydroxylation sites is 2. The van der Waals surface area contributed by atoms with Gasteiger partial charge in [-0.1, -0.05) is 18.1 Å². The van der Waals surface area contributed by atoms with Crippen LogP contribution in [0.5, 0.6) is 0 Å². The van der Waals surface area contributed by atoms with Gasteiger partial charge in [-0.2, -0.15) is 0 Å². The largest absolute Gasteiger partial charge is 0.405 e. The lowest BCUT2D eigenvalue weighted by Gasteiger charge is -1.98. The lowest BCUT2D eigenvalue weighted by atomic mass is 10.1. The fraction of sp³-hybridized carbons (Fsp3) is 0.0500. The van der Waals surface area contributed by atoms with E-state index in [1.807, 2.05) is 31.3 Å². The maximum absolute atomic E-state index is 5.69. The van der Waals surface area contributed by atoms with Crippen molar-refractivity contribution in [3.63, 3.8) is 0 Å². The van der Waals surface area contributed by atoms with Gasteiger partial charge in [-0.15, -0.1) is 17.8 Å². The number of terminal acetylenes is 1. The molecule has 120 valence electrons. The van der Waals surface area contributed by atoms with Crippen molar-refractivity contribution in [2.75, 3.05) is 0 Å². The summed E-state index contributed by atoms with van der Waals surface area (Å²) in [6.07, 6.45) is 9.11. The topological polar surface area (TPSA) is 48.2 Å². The van der Waals surface area contributed by atoms with E-state index < -0.39 is 0 Å². The van der Waals surface area contributed by atoms with Gasteiger partial charge >= 0.3 is 0 Å². The molecule has 5 aromatic rings. The summed E-state index contributed by atoms with van der Waals surface area (Å²) in [6.45, 7) is 0. The van der Waals surface area contributed by atoms with E-state index in [1.165, 1.54) is 0 Å². The minimum atomic E-state index is 0.902. The predicted molar refractivity (Wildman–Crippen MR) is 106 cm³/mol. The molecule has 25 heavy (non-hydrogen) atoms. The van der Waals surface area contributed by atoms with Crippen LogP contribution in [0.1, 0.15) is 10.4 Å². The third kappa shape index (κ3) is 1.74. The van der Waals surface area contributed by atoms with Gasteiger partial charge in [0.2, 0.25) is 5.78 Å². The van der Waals surface area contributed by atoms with Crippen LogP contribution in [-0.2, 0) is 7.05 Å². The quantitative estimate of drug-likeness (QED) is 0.466. The Morgan fingerprint density at radius 2 is 2.04 bits per heavy atom. The number of aromatic nitrogens is 3. The molecule has 0 aliphatic rings. The van der Waals surface area contributed by atoms with Crippen LogP contribution >= 0.6 is 11.3 Å². The van der Waals surface area contributed by atoms with E-state index in [0.717, 1.165) is 48.4 Å². The van der Waals surface area contributed by atoms with E-state index >= 15 is 0 Å². The molecule has 0 spiro atoms. The molecule has 2 N–H and O–H groups in total. The summed E-state index contributed by atoms with van der Waals surface area (Å²) in [7, 11) is 2.05. The van der Waals surface area contributed by atoms with Gasteiger partial charge in [0.25, 0.3) is 0 Å². The minimum absolute atomic E-state index is 0.902. The summed E-state index contributed by atoms with van der Waals surface area (Å²) in [6, 6.07) is 12.6. The number of aryl methyl sites for hydroxylation is 1. The Morgan fingerprint density at radius 3 is 2.84 bits per heavy atom. The second-order valence-corrected chi connectivity index (χ2v) is 7.03. The normalized spacial score (nSPS) is 12.2. The average molecular weight is 342 g/mol. The zero-order valence-corrected chi connectivity index (χ0v) is 14.3. The van der Waals surface area contributed by atoms with Crippen LogP contribution in [0.4, 0.5) is 0 Å². The SMILES string of the molecule is C#Cc1sc2cc3c(cc2c1/C=C\N)n1c2ccccc2nc1n3C. The number of hydrogen-bond donors (Lipinski definition) is 1. The Balaban J connectivity index is 2.02. The van der Waals surface area contributed by atoms with Gasteiger partial charge < -0.3 is 10.3 Å². The lowest BCUT2D eigenvalue weighted by molar-refractivity contribution is 0.974. The number of fused-ring (bicyclic) bond motifs is 6. The maximum Gasteiger partial charge on any atom is 0.215 e. The molecule has 0 saturated carbocycles. The van der Waals surface area contributed by atoms with Gasteiger partial charge in [0.05, 0.1) is 26.9 Å². The third-order valence-electron chi connectivity index (χ3n) is 4.66. The first-order chi connectivity index (χ1) is 12.2. The van der Waals surface area contributed by atoms with Crippen LogP contribution in [0.15, 0.2) is 42.6 Å². The summed E-state index contributed by atoms with van der Waals surface area (Å²) in [5, 5.41) is 1.12. The van der Waals surface area contributed by atoms with Crippen molar-refractivity contribution in [1.82, 2.24) is 14.0 Å². The maximum atomic E-state index is 5.69. The molecule has 5 rings (SSSR count). The molecule has 2 aromatic carbocycles. The smallest absolute Gasteiger partial charge is 0.215 e. The van der Waals surface area contributed by atoms with E-state index in [0.29, 0.717) is 0 Å². The lowest BCUT2D eigenvalue weighted by Crippen LogP contribution is -1.87. The first kappa shape index (κ1) is 14.1. The zero-order valence-electron chi connectivity index (χ0n) is 13.5. The van der Waals surface area contributed by atoms with E-state index in [-0.39, 0.29) is 0 Å². The van der Waals surface area contributed by atoms with Gasteiger partial charge in [-0.3, -0.25) is 4.40 Å². The zero-order chi connectivity index (χ0) is 17.1. The second kappa shape index (κ2) is 4.88. The van der Waals surface area contributed by atoms with Crippen molar-refractivity contribution in [3.8, 4) is 12.3 Å². The van der Waals surface area contributed by atoms with Crippen LogP contribution in [0.2, 0.25) is 0 Å². The van der Waals surface area contributed by atoms with Crippen molar-refractivity contribution in [3.05, 3.63) is 53.0 Å². The second-order valence-electron chi connectivity index (χ2n) is 5.98. The van der Waals surface area contributed by atoms with Gasteiger partial charge in [-0.25, -0.2) is 4.98 Å². The molecule has 0 aliphatic heterocycles. The number of hydrogen-bond acceptors (Lipinski definition) is 3. The molecule has 0 aliphatic carbocycles. The number of imidazole rings is 2. The van der Waals surface area contributed by atoms with Crippen LogP contribution < -0.4 is 5.73 Å². The molecular weight excluding hydrogens is 328 g/mol. The molecule has 0 amide bonds. The Hall–Kier alpha value is -3.23. The molecule has 0 unspecified atom stereocenters. The number of thiophene rings is 1. The summed E-state index contributed by atoms with van der Waals surface area (Å²) in [5.74, 6) is 3.71. The molecule has 0 bridgehead atoms. The van der Waals surface area contributed by atoms with Crippen molar-refractivity contribution < 1.29 is 0 Å². The highest BCUT2D eigenvalue weighted by Crippen LogP contribution is 2.36. The van der Waals surface area contributed by atoms with E-state index in [1.54, 1.807) is 17.5 Å². The van der Waals surface area contributed by atoms with E-state index in [2.05, 4.69) is 33.1 Å². The molecule has 5 heteroatoms. The highest BCUT2D eigenvalue weighted by atomic mass is 32.1. The minimum Gasteiger partial charge on any atom is -0.405 e. The molecule has 3 aromatic heterocycles. The van der Waals surface area contributed by atoms with Crippen molar-refractivity contribution in [2.24, 2.45) is 12.8 Å². The number of benzene rings is 2. The Labute approximate surface area is 147 Å². The monoisotopic (exact) mass is 342 g/mol. The van der Waals surface area contributed by atoms with Crippen molar-refractivity contribution >= 4 is 55.3 Å². The molecule has 0 radical (unpaired) electrons. The molecule has 4 nitrogen and oxygen atoms in total. The third-order valence-corrected chi connectivity index (χ3v) is 5.76. The first-order valence-corrected chi connectivity index (χ1v) is 8.71. The van der Waals surface area contributed by atoms with Gasteiger partial charge in [0, 0.05) is 22.7 Å². The van der Waals surface area contributed by atoms with Crippen molar-refractivity contribution in [2.45, 2.75) is 0 Å². The Bertz CT molecular complexity index is 1370. The first-order valence-electron chi connectivity index (χ1n) is 7.90. The Kier molecular flexibility index (Phi) is 2.76. The number of nitrogens with two attached hydrogens (primary N) is 1. The fourth-order valence-electron chi connectivity index (χ4n) is 3.54. The predicted octanol–water partition coefficient (Wildman–Crippen LogP) is 4.10. The summed E-state index contributed by atoms with van der Waals surface area (Å²) >= 11 is 1.62. The van der Waals surface area contributed by atoms with Crippen LogP contribution in [-0.4, -0.2) is 14.0 Å². The molecule has 3 heterocycles. The van der Waals surface area contributed by atoms with E-state index in [9.17, 15) is 0 Å². The summed E-state index contributed by atoms with van der Waals surface area (Å²) < 4.78 is 5.48. The van der Waals surface area contributed by atoms with Crippen LogP contribution in [0.3, 0.4) is 0 Å².